The van der Waals surface area contributed by atoms with E-state index in [1.54, 1.807) is 43.3 Å². The summed E-state index contributed by atoms with van der Waals surface area (Å²) in [6, 6.07) is 8.45. The van der Waals surface area contributed by atoms with Crippen molar-refractivity contribution in [1.82, 2.24) is 0 Å². The number of rotatable bonds is 5. The molecule has 3 fully saturated rings. The van der Waals surface area contributed by atoms with Gasteiger partial charge in [-0.05, 0) is 49.5 Å². The van der Waals surface area contributed by atoms with Crippen molar-refractivity contribution in [1.29, 1.82) is 0 Å². The second kappa shape index (κ2) is 9.64. The van der Waals surface area contributed by atoms with E-state index in [1.165, 1.54) is 6.92 Å². The van der Waals surface area contributed by atoms with Crippen LogP contribution in [-0.2, 0) is 23.8 Å². The van der Waals surface area contributed by atoms with E-state index in [1.807, 2.05) is 20.8 Å². The van der Waals surface area contributed by atoms with Gasteiger partial charge in [0.25, 0.3) is 0 Å². The number of aliphatic hydroxyl groups is 2. The highest BCUT2D eigenvalue weighted by Gasteiger charge is 2.75. The minimum atomic E-state index is -1.82. The summed E-state index contributed by atoms with van der Waals surface area (Å²) in [4.78, 5) is 41.1. The molecule has 1 aliphatic heterocycles. The monoisotopic (exact) mass is 552 g/mol. The summed E-state index contributed by atoms with van der Waals surface area (Å²) in [6.07, 6.45) is -0.159. The van der Waals surface area contributed by atoms with E-state index < -0.39 is 64.1 Å². The van der Waals surface area contributed by atoms with E-state index in [9.17, 15) is 24.6 Å². The number of ether oxygens (including phenoxy) is 3. The summed E-state index contributed by atoms with van der Waals surface area (Å²) in [5.74, 6) is -2.92. The average Bonchev–Trinajstić information content (AvgIpc) is 2.88. The zero-order chi connectivity index (χ0) is 29.3. The van der Waals surface area contributed by atoms with Gasteiger partial charge < -0.3 is 24.4 Å². The van der Waals surface area contributed by atoms with Gasteiger partial charge in [0.05, 0.1) is 24.2 Å². The fraction of sp³-hybridized carbons (Fsp3) is 0.594. The Bertz CT molecular complexity index is 1270. The number of ketones is 1. The predicted octanol–water partition coefficient (Wildman–Crippen LogP) is 3.94. The van der Waals surface area contributed by atoms with Crippen LogP contribution in [0.1, 0.15) is 70.7 Å². The third kappa shape index (κ3) is 3.86. The van der Waals surface area contributed by atoms with Gasteiger partial charge in [0, 0.05) is 30.1 Å². The molecule has 1 heterocycles. The van der Waals surface area contributed by atoms with Crippen LogP contribution in [0.3, 0.4) is 0 Å². The van der Waals surface area contributed by atoms with E-state index >= 15 is 0 Å². The molecule has 4 aliphatic rings. The lowest BCUT2D eigenvalue weighted by Gasteiger charge is -2.67. The van der Waals surface area contributed by atoms with Gasteiger partial charge in [-0.2, -0.15) is 0 Å². The van der Waals surface area contributed by atoms with Crippen LogP contribution in [0.25, 0.3) is 0 Å². The molecular formula is C32H40O8. The number of hydrogen-bond acceptors (Lipinski definition) is 8. The molecule has 0 unspecified atom stereocenters. The Morgan fingerprint density at radius 2 is 1.88 bits per heavy atom. The van der Waals surface area contributed by atoms with Crippen molar-refractivity contribution in [3.8, 4) is 0 Å². The summed E-state index contributed by atoms with van der Waals surface area (Å²) >= 11 is 0. The van der Waals surface area contributed by atoms with Crippen molar-refractivity contribution in [2.75, 3.05) is 6.61 Å². The van der Waals surface area contributed by atoms with E-state index in [4.69, 9.17) is 14.2 Å². The van der Waals surface area contributed by atoms with Gasteiger partial charge in [0.1, 0.15) is 23.6 Å². The zero-order valence-corrected chi connectivity index (χ0v) is 23.9. The minimum Gasteiger partial charge on any atom is -0.455 e. The Labute approximate surface area is 235 Å². The first kappa shape index (κ1) is 28.7. The van der Waals surface area contributed by atoms with Crippen LogP contribution in [0.15, 0.2) is 54.1 Å². The van der Waals surface area contributed by atoms with Gasteiger partial charge in [-0.15, -0.1) is 6.58 Å². The Morgan fingerprint density at radius 1 is 1.20 bits per heavy atom. The number of Topliss-reactive ketones (excluding diaryl/α,β-unsaturated/α-hetero) is 1. The topological polar surface area (TPSA) is 119 Å². The third-order valence-corrected chi connectivity index (χ3v) is 10.4. The molecule has 216 valence electrons. The van der Waals surface area contributed by atoms with E-state index in [2.05, 4.69) is 6.58 Å². The number of carbonyl (C=O) groups is 3. The lowest BCUT2D eigenvalue weighted by Crippen LogP contribution is -2.79. The normalized spacial score (nSPS) is 40.0. The van der Waals surface area contributed by atoms with E-state index in [-0.39, 0.29) is 24.4 Å². The molecule has 40 heavy (non-hydrogen) atoms. The quantitative estimate of drug-likeness (QED) is 0.417. The van der Waals surface area contributed by atoms with Gasteiger partial charge in [-0.25, -0.2) is 4.79 Å². The Hall–Kier alpha value is -2.81. The van der Waals surface area contributed by atoms with E-state index in [0.29, 0.717) is 30.4 Å². The molecule has 1 saturated heterocycles. The number of aliphatic hydroxyl groups excluding tert-OH is 1. The van der Waals surface area contributed by atoms with Crippen LogP contribution in [0.5, 0.6) is 0 Å². The number of carbonyl (C=O) groups excluding carboxylic acids is 3. The van der Waals surface area contributed by atoms with Crippen molar-refractivity contribution < 1.29 is 38.8 Å². The molecule has 2 saturated carbocycles. The molecule has 8 nitrogen and oxygen atoms in total. The maximum Gasteiger partial charge on any atom is 0.338 e. The molecule has 0 amide bonds. The molecule has 8 heteroatoms. The lowest BCUT2D eigenvalue weighted by atomic mass is 9.44. The number of allylic oxidation sites excluding steroid dienone is 1. The molecule has 1 aromatic carbocycles. The standard InChI is InChI=1S/C32H40O8/c1-7-11-21-24-18(2)22(34)16-32(37,29(24,4)5)27(39-28(36)20-12-9-8-10-13-20)25-30(6,26(21)35)15-14-23-31(25,17-38-23)40-19(3)33/h7-10,12-13,21-23,25,27,34,37H,1,11,14-17H2,2-6H3/t21-,22+,23-,25+,27+,30-,31+,32-/m1/s1. The first-order valence-corrected chi connectivity index (χ1v) is 14.1. The van der Waals surface area contributed by atoms with Gasteiger partial charge in [-0.1, -0.05) is 45.0 Å². The number of benzene rings is 1. The number of hydrogen-bond donors (Lipinski definition) is 2. The zero-order valence-electron chi connectivity index (χ0n) is 23.9. The molecule has 2 bridgehead atoms. The molecule has 0 aromatic heterocycles. The van der Waals surface area contributed by atoms with Crippen LogP contribution in [0, 0.1) is 22.7 Å². The summed E-state index contributed by atoms with van der Waals surface area (Å²) in [5, 5.41) is 24.2. The number of esters is 2. The first-order chi connectivity index (χ1) is 18.7. The molecule has 5 rings (SSSR count). The van der Waals surface area contributed by atoms with Crippen LogP contribution >= 0.6 is 0 Å². The van der Waals surface area contributed by atoms with Crippen molar-refractivity contribution >= 4 is 17.7 Å². The Balaban J connectivity index is 1.80. The largest absolute Gasteiger partial charge is 0.455 e. The van der Waals surface area contributed by atoms with Crippen LogP contribution < -0.4 is 0 Å². The maximum atomic E-state index is 14.8. The summed E-state index contributed by atoms with van der Waals surface area (Å²) in [6.45, 7) is 12.5. The van der Waals surface area contributed by atoms with Crippen molar-refractivity contribution in [3.63, 3.8) is 0 Å². The summed E-state index contributed by atoms with van der Waals surface area (Å²) < 4.78 is 18.3. The Kier molecular flexibility index (Phi) is 6.92. The van der Waals surface area contributed by atoms with Crippen LogP contribution in [0.4, 0.5) is 0 Å². The molecule has 1 aromatic rings. The number of fused-ring (bicyclic) bond motifs is 5. The van der Waals surface area contributed by atoms with E-state index in [0.717, 1.165) is 0 Å². The molecule has 0 spiro atoms. The molecule has 8 atom stereocenters. The second-order valence-electron chi connectivity index (χ2n) is 12.8. The molecular weight excluding hydrogens is 512 g/mol. The van der Waals surface area contributed by atoms with Crippen LogP contribution in [-0.4, -0.2) is 64.1 Å². The average molecular weight is 553 g/mol. The highest BCUT2D eigenvalue weighted by atomic mass is 16.6. The van der Waals surface area contributed by atoms with Crippen molar-refractivity contribution in [2.45, 2.75) is 89.8 Å². The Morgan fingerprint density at radius 3 is 2.45 bits per heavy atom. The smallest absolute Gasteiger partial charge is 0.338 e. The highest BCUT2D eigenvalue weighted by Crippen LogP contribution is 2.65. The molecule has 3 aliphatic carbocycles. The predicted molar refractivity (Wildman–Crippen MR) is 146 cm³/mol. The van der Waals surface area contributed by atoms with Gasteiger partial charge in [0.15, 0.2) is 5.60 Å². The van der Waals surface area contributed by atoms with Crippen LogP contribution in [0.2, 0.25) is 0 Å². The first-order valence-electron chi connectivity index (χ1n) is 14.1. The molecule has 2 N–H and O–H groups in total. The van der Waals surface area contributed by atoms with Crippen molar-refractivity contribution in [2.24, 2.45) is 22.7 Å². The van der Waals surface area contributed by atoms with Gasteiger partial charge in [-0.3, -0.25) is 9.59 Å². The summed E-state index contributed by atoms with van der Waals surface area (Å²) in [5.41, 5.74) is -3.79. The SMILES string of the molecule is C=CC[C@H]1C(=O)[C@]2(C)CC[C@H]3OC[C@@]3(OC(C)=O)[C@H]2[C@H](OC(=O)c2ccccc2)[C@]2(O)C[C@H](O)C(C)=C1C2(C)C. The summed E-state index contributed by atoms with van der Waals surface area (Å²) in [7, 11) is 0. The fourth-order valence-corrected chi connectivity index (χ4v) is 8.31. The highest BCUT2D eigenvalue weighted by molar-refractivity contribution is 5.92. The fourth-order valence-electron chi connectivity index (χ4n) is 8.31. The maximum absolute atomic E-state index is 14.8. The van der Waals surface area contributed by atoms with Gasteiger partial charge >= 0.3 is 11.9 Å². The molecule has 0 radical (unpaired) electrons. The third-order valence-electron chi connectivity index (χ3n) is 10.4. The minimum absolute atomic E-state index is 0.0110. The second-order valence-corrected chi connectivity index (χ2v) is 12.8. The lowest BCUT2D eigenvalue weighted by molar-refractivity contribution is -0.332. The van der Waals surface area contributed by atoms with Gasteiger partial charge in [0.2, 0.25) is 0 Å². The van der Waals surface area contributed by atoms with Crippen molar-refractivity contribution in [3.05, 3.63) is 59.7 Å².